The number of amides is 2. The van der Waals surface area contributed by atoms with Crippen LogP contribution in [0.5, 0.6) is 5.75 Å². The van der Waals surface area contributed by atoms with E-state index in [1.807, 2.05) is 17.6 Å². The van der Waals surface area contributed by atoms with Gasteiger partial charge in [0.05, 0.1) is 12.2 Å². The van der Waals surface area contributed by atoms with Crippen molar-refractivity contribution in [2.45, 2.75) is 20.0 Å². The van der Waals surface area contributed by atoms with Gasteiger partial charge < -0.3 is 14.6 Å². The fourth-order valence-corrected chi connectivity index (χ4v) is 2.38. The smallest absolute Gasteiger partial charge is 0.265 e. The predicted octanol–water partition coefficient (Wildman–Crippen LogP) is 0.340. The van der Waals surface area contributed by atoms with Crippen LogP contribution in [0.15, 0.2) is 30.6 Å². The highest BCUT2D eigenvalue weighted by atomic mass is 16.5. The molecule has 0 aliphatic carbocycles. The van der Waals surface area contributed by atoms with Crippen LogP contribution < -0.4 is 15.0 Å². The van der Waals surface area contributed by atoms with Crippen molar-refractivity contribution in [2.24, 2.45) is 0 Å². The molecule has 0 saturated heterocycles. The van der Waals surface area contributed by atoms with Gasteiger partial charge in [-0.25, -0.2) is 0 Å². The van der Waals surface area contributed by atoms with Gasteiger partial charge in [-0.15, -0.1) is 10.2 Å². The van der Waals surface area contributed by atoms with Crippen molar-refractivity contribution in [1.82, 2.24) is 20.1 Å². The van der Waals surface area contributed by atoms with E-state index in [0.29, 0.717) is 17.3 Å². The van der Waals surface area contributed by atoms with E-state index in [-0.39, 0.29) is 31.5 Å². The second-order valence-corrected chi connectivity index (χ2v) is 5.05. The van der Waals surface area contributed by atoms with Crippen LogP contribution in [0, 0.1) is 0 Å². The Hall–Kier alpha value is -2.90. The molecule has 2 heterocycles. The van der Waals surface area contributed by atoms with E-state index in [4.69, 9.17) is 4.74 Å². The van der Waals surface area contributed by atoms with E-state index >= 15 is 0 Å². The maximum absolute atomic E-state index is 12.2. The highest BCUT2D eigenvalue weighted by molar-refractivity contribution is 6.02. The number of nitrogens with one attached hydrogen (secondary N) is 1. The van der Waals surface area contributed by atoms with Gasteiger partial charge in [0.2, 0.25) is 5.91 Å². The number of carbonyl (C=O) groups is 2. The summed E-state index contributed by atoms with van der Waals surface area (Å²) in [4.78, 5) is 25.6. The van der Waals surface area contributed by atoms with Crippen LogP contribution in [0.25, 0.3) is 0 Å². The van der Waals surface area contributed by atoms with Crippen LogP contribution in [0.4, 0.5) is 5.69 Å². The summed E-state index contributed by atoms with van der Waals surface area (Å²) in [6, 6.07) is 7.16. The standard InChI is InChI=1S/C15H17N5O3/c1-2-19-10-17-18-13(19)7-16-14(21)8-20-11-5-3-4-6-12(11)23-9-15(20)22/h3-6,10H,2,7-9H2,1H3,(H,16,21). The normalized spacial score (nSPS) is 13.4. The molecule has 8 heteroatoms. The van der Waals surface area contributed by atoms with Gasteiger partial charge in [0.25, 0.3) is 5.91 Å². The van der Waals surface area contributed by atoms with E-state index in [0.717, 1.165) is 6.54 Å². The molecular formula is C15H17N5O3. The number of rotatable bonds is 5. The third-order valence-electron chi connectivity index (χ3n) is 3.59. The summed E-state index contributed by atoms with van der Waals surface area (Å²) in [5.74, 6) is 0.775. The van der Waals surface area contributed by atoms with Crippen LogP contribution in [0.3, 0.4) is 0 Å². The molecule has 1 aromatic carbocycles. The minimum atomic E-state index is -0.263. The summed E-state index contributed by atoms with van der Waals surface area (Å²) in [6.45, 7) is 2.85. The molecule has 2 aromatic rings. The van der Waals surface area contributed by atoms with E-state index in [1.165, 1.54) is 4.90 Å². The second-order valence-electron chi connectivity index (χ2n) is 5.05. The molecule has 120 valence electrons. The molecule has 23 heavy (non-hydrogen) atoms. The predicted molar refractivity (Wildman–Crippen MR) is 81.8 cm³/mol. The number of aryl methyl sites for hydroxylation is 1. The first-order chi connectivity index (χ1) is 11.2. The lowest BCUT2D eigenvalue weighted by Crippen LogP contribution is -2.45. The number of para-hydroxylation sites is 2. The van der Waals surface area contributed by atoms with E-state index < -0.39 is 0 Å². The largest absolute Gasteiger partial charge is 0.482 e. The summed E-state index contributed by atoms with van der Waals surface area (Å²) in [5.41, 5.74) is 0.607. The zero-order valence-electron chi connectivity index (χ0n) is 12.7. The van der Waals surface area contributed by atoms with Crippen molar-refractivity contribution in [3.8, 4) is 5.75 Å². The Bertz CT molecular complexity index is 727. The summed E-state index contributed by atoms with van der Waals surface area (Å²) >= 11 is 0. The summed E-state index contributed by atoms with van der Waals surface area (Å²) in [6.07, 6.45) is 1.61. The molecule has 0 saturated carbocycles. The zero-order valence-corrected chi connectivity index (χ0v) is 12.7. The quantitative estimate of drug-likeness (QED) is 0.859. The van der Waals surface area contributed by atoms with E-state index in [9.17, 15) is 9.59 Å². The van der Waals surface area contributed by atoms with Gasteiger partial charge in [0.15, 0.2) is 12.4 Å². The molecule has 0 bridgehead atoms. The van der Waals surface area contributed by atoms with Gasteiger partial charge in [-0.3, -0.25) is 14.5 Å². The van der Waals surface area contributed by atoms with Crippen molar-refractivity contribution in [3.05, 3.63) is 36.4 Å². The number of nitrogens with zero attached hydrogens (tertiary/aromatic N) is 4. The van der Waals surface area contributed by atoms with Gasteiger partial charge in [-0.05, 0) is 19.1 Å². The molecular weight excluding hydrogens is 298 g/mol. The first kappa shape index (κ1) is 15.0. The highest BCUT2D eigenvalue weighted by Crippen LogP contribution is 2.31. The molecule has 0 radical (unpaired) electrons. The zero-order chi connectivity index (χ0) is 16.2. The monoisotopic (exact) mass is 315 g/mol. The number of fused-ring (bicyclic) bond motifs is 1. The molecule has 8 nitrogen and oxygen atoms in total. The number of aromatic nitrogens is 3. The lowest BCUT2D eigenvalue weighted by Gasteiger charge is -2.28. The minimum absolute atomic E-state index is 0.0561. The molecule has 1 aromatic heterocycles. The average molecular weight is 315 g/mol. The van der Waals surface area contributed by atoms with Crippen LogP contribution >= 0.6 is 0 Å². The molecule has 0 spiro atoms. The van der Waals surface area contributed by atoms with Crippen molar-refractivity contribution in [1.29, 1.82) is 0 Å². The molecule has 1 N–H and O–H groups in total. The first-order valence-corrected chi connectivity index (χ1v) is 7.34. The summed E-state index contributed by atoms with van der Waals surface area (Å²) < 4.78 is 7.19. The van der Waals surface area contributed by atoms with Gasteiger partial charge in [-0.1, -0.05) is 12.1 Å². The minimum Gasteiger partial charge on any atom is -0.482 e. The molecule has 1 aliphatic rings. The van der Waals surface area contributed by atoms with Gasteiger partial charge in [0, 0.05) is 6.54 Å². The number of ether oxygens (including phenoxy) is 1. The number of hydrogen-bond acceptors (Lipinski definition) is 5. The summed E-state index contributed by atoms with van der Waals surface area (Å²) in [5, 5.41) is 10.5. The fraction of sp³-hybridized carbons (Fsp3) is 0.333. The molecule has 3 rings (SSSR count). The van der Waals surface area contributed by atoms with Gasteiger partial charge in [-0.2, -0.15) is 0 Å². The average Bonchev–Trinajstić information content (AvgIpc) is 3.03. The van der Waals surface area contributed by atoms with Crippen molar-refractivity contribution in [2.75, 3.05) is 18.1 Å². The number of anilines is 1. The third kappa shape index (κ3) is 3.15. The van der Waals surface area contributed by atoms with Crippen LogP contribution in [-0.4, -0.2) is 39.7 Å². The Morgan fingerprint density at radius 3 is 3.04 bits per heavy atom. The number of benzene rings is 1. The number of carbonyl (C=O) groups excluding carboxylic acids is 2. The van der Waals surface area contributed by atoms with Crippen LogP contribution in [0.2, 0.25) is 0 Å². The van der Waals surface area contributed by atoms with Crippen LogP contribution in [-0.2, 0) is 22.7 Å². The molecule has 1 aliphatic heterocycles. The highest BCUT2D eigenvalue weighted by Gasteiger charge is 2.26. The topological polar surface area (TPSA) is 89.4 Å². The van der Waals surface area contributed by atoms with Crippen LogP contribution in [0.1, 0.15) is 12.7 Å². The Balaban J connectivity index is 1.65. The Morgan fingerprint density at radius 1 is 1.39 bits per heavy atom. The molecule has 0 atom stereocenters. The van der Waals surface area contributed by atoms with Crippen molar-refractivity contribution in [3.63, 3.8) is 0 Å². The Kier molecular flexibility index (Phi) is 4.22. The van der Waals surface area contributed by atoms with Gasteiger partial charge >= 0.3 is 0 Å². The first-order valence-electron chi connectivity index (χ1n) is 7.34. The van der Waals surface area contributed by atoms with E-state index in [1.54, 1.807) is 24.5 Å². The Labute approximate surface area is 133 Å². The Morgan fingerprint density at radius 2 is 2.22 bits per heavy atom. The van der Waals surface area contributed by atoms with Crippen molar-refractivity contribution < 1.29 is 14.3 Å². The SMILES string of the molecule is CCn1cnnc1CNC(=O)CN1C(=O)COc2ccccc21. The molecule has 0 unspecified atom stereocenters. The maximum Gasteiger partial charge on any atom is 0.265 e. The lowest BCUT2D eigenvalue weighted by molar-refractivity contribution is -0.125. The summed E-state index contributed by atoms with van der Waals surface area (Å²) in [7, 11) is 0. The van der Waals surface area contributed by atoms with Crippen molar-refractivity contribution >= 4 is 17.5 Å². The fourth-order valence-electron chi connectivity index (χ4n) is 2.38. The number of hydrogen-bond donors (Lipinski definition) is 1. The molecule has 0 fully saturated rings. The van der Waals surface area contributed by atoms with Gasteiger partial charge in [0.1, 0.15) is 18.6 Å². The molecule has 2 amide bonds. The second kappa shape index (κ2) is 6.47. The lowest BCUT2D eigenvalue weighted by atomic mass is 10.2. The third-order valence-corrected chi connectivity index (χ3v) is 3.59. The maximum atomic E-state index is 12.2. The van der Waals surface area contributed by atoms with E-state index in [2.05, 4.69) is 15.5 Å².